The second-order valence-corrected chi connectivity index (χ2v) is 23.1. The summed E-state index contributed by atoms with van der Waals surface area (Å²) in [7, 11) is -5.62. The van der Waals surface area contributed by atoms with Crippen molar-refractivity contribution >= 4 is 49.2 Å². The summed E-state index contributed by atoms with van der Waals surface area (Å²) in [5, 5.41) is 16.3. The average Bonchev–Trinajstić information content (AvgIpc) is 4.39. The lowest BCUT2D eigenvalue weighted by Gasteiger charge is -2.27. The molecule has 8 aromatic rings. The van der Waals surface area contributed by atoms with Crippen molar-refractivity contribution < 1.29 is 50.1 Å². The van der Waals surface area contributed by atoms with Gasteiger partial charge in [-0.25, -0.2) is 36.1 Å². The number of imidazole rings is 1. The number of nitrogens with zero attached hydrogens (tertiary/aromatic N) is 7. The fourth-order valence-corrected chi connectivity index (χ4v) is 12.7. The number of tetrazole rings is 1. The zero-order chi connectivity index (χ0) is 56.1. The van der Waals surface area contributed by atoms with Crippen LogP contribution < -0.4 is 30.0 Å². The number of ether oxygens (including phenoxy) is 5. The number of carbonyl (C=O) groups excluding carboxylic acids is 2. The third-order valence-electron chi connectivity index (χ3n) is 12.8. The van der Waals surface area contributed by atoms with Gasteiger partial charge < -0.3 is 44.6 Å². The molecule has 22 nitrogen and oxygen atoms in total. The van der Waals surface area contributed by atoms with E-state index in [0.29, 0.717) is 50.5 Å². The highest BCUT2D eigenvalue weighted by molar-refractivity contribution is 7.92. The van der Waals surface area contributed by atoms with Gasteiger partial charge in [-0.05, 0) is 102 Å². The number of nitrogens with two attached hydrogens (primary N) is 1. The topological polar surface area (TPSA) is 277 Å². The van der Waals surface area contributed by atoms with Crippen molar-refractivity contribution in [2.24, 2.45) is 0 Å². The Kier molecular flexibility index (Phi) is 16.2. The number of hydrogen-bond acceptors (Lipinski definition) is 16. The number of anilines is 1. The number of likely N-dealkylation sites (tertiary alicyclic amines) is 1. The minimum Gasteiger partial charge on any atom is -0.497 e. The van der Waals surface area contributed by atoms with Crippen LogP contribution in [0, 0.1) is 0 Å². The number of sulfonamides is 2. The van der Waals surface area contributed by atoms with Gasteiger partial charge in [0.2, 0.25) is 25.9 Å². The van der Waals surface area contributed by atoms with Crippen LogP contribution in [0.15, 0.2) is 143 Å². The number of benzene rings is 6. The predicted molar refractivity (Wildman–Crippen MR) is 293 cm³/mol. The van der Waals surface area contributed by atoms with E-state index in [2.05, 4.69) is 30.3 Å². The van der Waals surface area contributed by atoms with E-state index in [1.165, 1.54) is 36.0 Å². The molecule has 0 bridgehead atoms. The molecule has 1 aliphatic rings. The smallest absolute Gasteiger partial charge is 0.410 e. The lowest BCUT2D eigenvalue weighted by molar-refractivity contribution is 0.0287. The maximum absolute atomic E-state index is 16.5. The van der Waals surface area contributed by atoms with Crippen molar-refractivity contribution in [2.75, 3.05) is 40.2 Å². The number of alkyl carbamates (subject to hydrolysis) is 1. The first kappa shape index (κ1) is 55.2. The molecular formula is C55H59N11O11S2. The molecule has 1 saturated heterocycles. The molecule has 79 heavy (non-hydrogen) atoms. The van der Waals surface area contributed by atoms with Crippen molar-refractivity contribution in [1.82, 2.24) is 49.4 Å². The molecular weight excluding hydrogens is 1050 g/mol. The van der Waals surface area contributed by atoms with Gasteiger partial charge in [-0.3, -0.25) is 0 Å². The summed E-state index contributed by atoms with van der Waals surface area (Å²) in [6.45, 7) is 3.93. The third-order valence-corrected chi connectivity index (χ3v) is 16.4. The minimum atomic E-state index is -5.11. The first-order valence-corrected chi connectivity index (χ1v) is 27.8. The Morgan fingerprint density at radius 1 is 0.722 bits per heavy atom. The number of amides is 2. The summed E-state index contributed by atoms with van der Waals surface area (Å²) in [5.74, 6) is 1.47. The summed E-state index contributed by atoms with van der Waals surface area (Å²) in [6, 6.07) is 35.0. The van der Waals surface area contributed by atoms with Crippen molar-refractivity contribution in [3.05, 3.63) is 156 Å². The molecule has 5 N–H and O–H groups in total. The van der Waals surface area contributed by atoms with Gasteiger partial charge in [-0.2, -0.15) is 9.10 Å². The highest BCUT2D eigenvalue weighted by Gasteiger charge is 2.44. The lowest BCUT2D eigenvalue weighted by atomic mass is 9.98. The van der Waals surface area contributed by atoms with Crippen LogP contribution in [0.5, 0.6) is 17.2 Å². The standard InChI is InChI=1S/C55H59N11O11S2/c1-55(2,3)77-54(68)64-32-45(58-53(67)76-34-38-11-8-7-9-12-38)46(33-64)62-78(69,70)47-28-27-42(43-13-10-14-44-49(43)59-52(56)57-44)48(51-60-63-66(61-51)31-37-19-25-41(75-6)26-20-37)50(47)79(71,72)65(29-35-15-21-39(73-4)22-16-35)30-36-17-23-40(74-5)24-18-36/h7-28,45-46,62H,29-34H2,1-6H3,(H,58,67)(H3,56,57,59). The average molecular weight is 1110 g/mol. The first-order chi connectivity index (χ1) is 37.8. The van der Waals surface area contributed by atoms with Gasteiger partial charge in [0.25, 0.3) is 0 Å². The molecule has 6 aromatic carbocycles. The maximum atomic E-state index is 16.5. The van der Waals surface area contributed by atoms with E-state index in [9.17, 15) is 9.59 Å². The van der Waals surface area contributed by atoms with Crippen LogP contribution in [-0.4, -0.2) is 121 Å². The molecule has 3 heterocycles. The maximum Gasteiger partial charge on any atom is 0.410 e. The quantitative estimate of drug-likeness (QED) is 0.0627. The molecule has 0 radical (unpaired) electrons. The number of aromatic amines is 1. The molecule has 24 heteroatoms. The summed E-state index contributed by atoms with van der Waals surface area (Å²) >= 11 is 0. The number of fused-ring (bicyclic) bond motifs is 1. The molecule has 0 spiro atoms. The fourth-order valence-electron chi connectivity index (χ4n) is 9.00. The predicted octanol–water partition coefficient (Wildman–Crippen LogP) is 7.12. The molecule has 0 saturated carbocycles. The van der Waals surface area contributed by atoms with E-state index in [1.807, 2.05) is 6.07 Å². The van der Waals surface area contributed by atoms with Gasteiger partial charge in [0.1, 0.15) is 39.2 Å². The van der Waals surface area contributed by atoms with Gasteiger partial charge >= 0.3 is 12.2 Å². The number of rotatable bonds is 19. The van der Waals surface area contributed by atoms with Crippen molar-refractivity contribution in [3.8, 4) is 39.8 Å². The van der Waals surface area contributed by atoms with Crippen LogP contribution in [0.3, 0.4) is 0 Å². The van der Waals surface area contributed by atoms with E-state index in [4.69, 9.17) is 34.5 Å². The van der Waals surface area contributed by atoms with Crippen LogP contribution >= 0.6 is 0 Å². The second kappa shape index (κ2) is 23.2. The van der Waals surface area contributed by atoms with Crippen molar-refractivity contribution in [1.29, 1.82) is 0 Å². The Labute approximate surface area is 456 Å². The highest BCUT2D eigenvalue weighted by Crippen LogP contribution is 2.43. The fraction of sp³-hybridized carbons (Fsp3) is 0.273. The van der Waals surface area contributed by atoms with E-state index in [1.54, 1.807) is 143 Å². The van der Waals surface area contributed by atoms with E-state index in [0.717, 1.165) is 9.87 Å². The zero-order valence-electron chi connectivity index (χ0n) is 44.1. The molecule has 2 atom stereocenters. The van der Waals surface area contributed by atoms with Gasteiger partial charge in [-0.15, -0.1) is 10.2 Å². The zero-order valence-corrected chi connectivity index (χ0v) is 45.7. The molecule has 412 valence electrons. The lowest BCUT2D eigenvalue weighted by Crippen LogP contribution is -2.51. The molecule has 1 aliphatic heterocycles. The molecule has 2 unspecified atom stereocenters. The molecule has 1 fully saturated rings. The van der Waals surface area contributed by atoms with Crippen LogP contribution in [0.4, 0.5) is 15.5 Å². The third kappa shape index (κ3) is 12.9. The van der Waals surface area contributed by atoms with Gasteiger partial charge in [0, 0.05) is 31.7 Å². The summed E-state index contributed by atoms with van der Waals surface area (Å²) < 4.78 is 95.6. The number of hydrogen-bond donors (Lipinski definition) is 4. The van der Waals surface area contributed by atoms with Crippen LogP contribution in [0.25, 0.3) is 33.5 Å². The van der Waals surface area contributed by atoms with Gasteiger partial charge in [0.05, 0.1) is 56.6 Å². The summed E-state index contributed by atoms with van der Waals surface area (Å²) in [6.07, 6.45) is -1.68. The Morgan fingerprint density at radius 2 is 1.32 bits per heavy atom. The highest BCUT2D eigenvalue weighted by atomic mass is 32.2. The summed E-state index contributed by atoms with van der Waals surface area (Å²) in [5.41, 5.74) is 8.86. The number of methoxy groups -OCH3 is 3. The van der Waals surface area contributed by atoms with Crippen molar-refractivity contribution in [3.63, 3.8) is 0 Å². The van der Waals surface area contributed by atoms with E-state index >= 15 is 16.8 Å². The Bertz CT molecular complexity index is 3640. The summed E-state index contributed by atoms with van der Waals surface area (Å²) in [4.78, 5) is 35.8. The largest absolute Gasteiger partial charge is 0.497 e. The Morgan fingerprint density at radius 3 is 1.91 bits per heavy atom. The monoisotopic (exact) mass is 1110 g/mol. The number of para-hydroxylation sites is 1. The van der Waals surface area contributed by atoms with Crippen molar-refractivity contribution in [2.45, 2.75) is 74.5 Å². The number of aromatic nitrogens is 6. The van der Waals surface area contributed by atoms with Crippen LogP contribution in [0.1, 0.15) is 43.0 Å². The van der Waals surface area contributed by atoms with Crippen LogP contribution in [-0.2, 0) is 55.8 Å². The Balaban J connectivity index is 1.24. The number of carbonyl (C=O) groups is 2. The molecule has 0 aliphatic carbocycles. The van der Waals surface area contributed by atoms with E-state index < -0.39 is 59.7 Å². The minimum absolute atomic E-state index is 0.0677. The second-order valence-electron chi connectivity index (χ2n) is 19.5. The van der Waals surface area contributed by atoms with E-state index in [-0.39, 0.29) is 62.2 Å². The SMILES string of the molecule is COc1ccc(CN(Cc2ccc(OC)cc2)S(=O)(=O)c2c(S(=O)(=O)NC3CN(C(=O)OC(C)(C)C)CC3NC(=O)OCc3ccccc3)ccc(-c3cccc4[nH]c(N)nc34)c2-c2nnn(Cc3ccc(OC)cc3)n2)cc1. The van der Waals surface area contributed by atoms with Crippen LogP contribution in [0.2, 0.25) is 0 Å². The first-order valence-electron chi connectivity index (χ1n) is 24.9. The number of nitrogens with one attached hydrogen (secondary N) is 3. The van der Waals surface area contributed by atoms with Gasteiger partial charge in [0.15, 0.2) is 5.95 Å². The Hall–Kier alpha value is -8.58. The molecule has 2 aromatic heterocycles. The molecule has 2 amide bonds. The molecule has 9 rings (SSSR count). The normalized spacial score (nSPS) is 14.8. The number of nitrogen functional groups attached to an aromatic ring is 1. The van der Waals surface area contributed by atoms with Gasteiger partial charge in [-0.1, -0.05) is 84.9 Å². The number of H-pyrrole nitrogens is 1.